The average molecular weight is 237 g/mol. The zero-order valence-corrected chi connectivity index (χ0v) is 9.61. The highest BCUT2D eigenvalue weighted by Crippen LogP contribution is 2.17. The van der Waals surface area contributed by atoms with Crippen molar-refractivity contribution in [3.63, 3.8) is 0 Å². The van der Waals surface area contributed by atoms with Crippen LogP contribution in [0.15, 0.2) is 0 Å². The predicted molar refractivity (Wildman–Crippen MR) is 58.2 cm³/mol. The lowest BCUT2D eigenvalue weighted by atomic mass is 10.1. The van der Waals surface area contributed by atoms with Crippen molar-refractivity contribution in [3.8, 4) is 0 Å². The maximum absolute atomic E-state index is 11.1. The minimum absolute atomic E-state index is 0.0516. The predicted octanol–water partition coefficient (Wildman–Crippen LogP) is -0.143. The molecule has 0 bridgehead atoms. The first-order valence-corrected chi connectivity index (χ1v) is 7.07. The number of rotatable bonds is 4. The summed E-state index contributed by atoms with van der Waals surface area (Å²) in [5.74, 6) is 1.05. The van der Waals surface area contributed by atoms with Crippen LogP contribution in [-0.2, 0) is 14.6 Å². The Morgan fingerprint density at radius 2 is 2.21 bits per heavy atom. The van der Waals surface area contributed by atoms with Gasteiger partial charge in [-0.25, -0.2) is 8.42 Å². The molecule has 0 aliphatic carbocycles. The third-order valence-corrected chi connectivity index (χ3v) is 4.31. The Hall–Kier alpha value is -0.230. The van der Waals surface area contributed by atoms with Gasteiger partial charge >= 0.3 is 0 Å². The van der Waals surface area contributed by atoms with Gasteiger partial charge in [0.1, 0.15) is 0 Å². The van der Waals surface area contributed by atoms with Crippen LogP contribution < -0.4 is 5.32 Å². The van der Waals surface area contributed by atoms with E-state index in [2.05, 4.69) is 17.9 Å². The van der Waals surface area contributed by atoms with E-state index in [9.17, 15) is 13.2 Å². The summed E-state index contributed by atoms with van der Waals surface area (Å²) in [6.07, 6.45) is 1.06. The molecular weight excluding hydrogens is 222 g/mol. The second-order valence-corrected chi connectivity index (χ2v) is 6.22. The Labute approximate surface area is 89.8 Å². The molecule has 1 N–H and O–H groups in total. The molecule has 0 radical (unpaired) electrons. The third-order valence-electron chi connectivity index (χ3n) is 2.25. The van der Waals surface area contributed by atoms with Crippen LogP contribution in [0.1, 0.15) is 12.8 Å². The number of thiol groups is 1. The molecule has 1 saturated heterocycles. The zero-order valence-electron chi connectivity index (χ0n) is 7.90. The van der Waals surface area contributed by atoms with Crippen molar-refractivity contribution in [2.45, 2.75) is 12.8 Å². The summed E-state index contributed by atoms with van der Waals surface area (Å²) >= 11 is 3.93. The maximum Gasteiger partial charge on any atom is 0.220 e. The fraction of sp³-hybridized carbons (Fsp3) is 0.875. The van der Waals surface area contributed by atoms with Gasteiger partial charge in [0.2, 0.25) is 5.91 Å². The molecule has 0 aromatic carbocycles. The molecular formula is C8H15NO3S2. The summed E-state index contributed by atoms with van der Waals surface area (Å²) in [6.45, 7) is 0.478. The lowest BCUT2D eigenvalue weighted by molar-refractivity contribution is -0.120. The molecule has 0 saturated carbocycles. The molecule has 82 valence electrons. The molecule has 1 unspecified atom stereocenters. The smallest absolute Gasteiger partial charge is 0.220 e. The quantitative estimate of drug-likeness (QED) is 0.669. The van der Waals surface area contributed by atoms with Crippen molar-refractivity contribution in [2.75, 3.05) is 23.8 Å². The van der Waals surface area contributed by atoms with Gasteiger partial charge in [0.15, 0.2) is 9.84 Å². The van der Waals surface area contributed by atoms with Crippen LogP contribution in [0, 0.1) is 5.92 Å². The number of nitrogens with one attached hydrogen (secondary N) is 1. The Balaban J connectivity index is 2.24. The van der Waals surface area contributed by atoms with Crippen molar-refractivity contribution in [1.29, 1.82) is 0 Å². The number of carbonyl (C=O) groups is 1. The summed E-state index contributed by atoms with van der Waals surface area (Å²) in [5, 5.41) is 2.71. The first-order chi connectivity index (χ1) is 6.53. The molecule has 1 aliphatic rings. The highest BCUT2D eigenvalue weighted by atomic mass is 32.2. The second kappa shape index (κ2) is 5.02. The molecule has 6 heteroatoms. The standard InChI is InChI=1S/C8H15NO3S2/c10-8(1-3-13)9-5-7-2-4-14(11,12)6-7/h7,13H,1-6H2,(H,9,10). The van der Waals surface area contributed by atoms with Gasteiger partial charge in [-0.05, 0) is 18.1 Å². The van der Waals surface area contributed by atoms with Gasteiger partial charge in [-0.3, -0.25) is 4.79 Å². The van der Waals surface area contributed by atoms with Gasteiger partial charge in [-0.1, -0.05) is 0 Å². The molecule has 1 rings (SSSR count). The minimum Gasteiger partial charge on any atom is -0.356 e. The van der Waals surface area contributed by atoms with Gasteiger partial charge in [-0.2, -0.15) is 12.6 Å². The van der Waals surface area contributed by atoms with E-state index < -0.39 is 9.84 Å². The van der Waals surface area contributed by atoms with Gasteiger partial charge in [-0.15, -0.1) is 0 Å². The van der Waals surface area contributed by atoms with E-state index in [4.69, 9.17) is 0 Å². The van der Waals surface area contributed by atoms with E-state index in [1.165, 1.54) is 0 Å². The Bertz CT molecular complexity index is 300. The van der Waals surface area contributed by atoms with Crippen molar-refractivity contribution in [1.82, 2.24) is 5.32 Å². The van der Waals surface area contributed by atoms with Gasteiger partial charge in [0.05, 0.1) is 11.5 Å². The summed E-state index contributed by atoms with van der Waals surface area (Å²) in [5.41, 5.74) is 0. The lowest BCUT2D eigenvalue weighted by Gasteiger charge is -2.08. The summed E-state index contributed by atoms with van der Waals surface area (Å²) in [7, 11) is -2.82. The molecule has 0 aromatic rings. The zero-order chi connectivity index (χ0) is 10.6. The number of hydrogen-bond donors (Lipinski definition) is 2. The van der Waals surface area contributed by atoms with Crippen LogP contribution in [0.25, 0.3) is 0 Å². The van der Waals surface area contributed by atoms with Crippen LogP contribution in [0.5, 0.6) is 0 Å². The maximum atomic E-state index is 11.1. The van der Waals surface area contributed by atoms with Crippen molar-refractivity contribution in [2.24, 2.45) is 5.92 Å². The number of sulfone groups is 1. The molecule has 1 atom stereocenters. The molecule has 1 amide bonds. The Kier molecular flexibility index (Phi) is 4.25. The number of carbonyl (C=O) groups excluding carboxylic acids is 1. The highest BCUT2D eigenvalue weighted by molar-refractivity contribution is 7.91. The van der Waals surface area contributed by atoms with Crippen LogP contribution >= 0.6 is 12.6 Å². The van der Waals surface area contributed by atoms with Crippen LogP contribution in [0.4, 0.5) is 0 Å². The van der Waals surface area contributed by atoms with Crippen molar-refractivity contribution < 1.29 is 13.2 Å². The molecule has 1 heterocycles. The number of amides is 1. The van der Waals surface area contributed by atoms with Crippen LogP contribution in [-0.4, -0.2) is 38.1 Å². The van der Waals surface area contributed by atoms with Crippen LogP contribution in [0.3, 0.4) is 0 Å². The molecule has 1 aliphatic heterocycles. The largest absolute Gasteiger partial charge is 0.356 e. The highest BCUT2D eigenvalue weighted by Gasteiger charge is 2.27. The van der Waals surface area contributed by atoms with Crippen molar-refractivity contribution >= 4 is 28.4 Å². The molecule has 4 nitrogen and oxygen atoms in total. The van der Waals surface area contributed by atoms with E-state index in [-0.39, 0.29) is 23.3 Å². The summed E-state index contributed by atoms with van der Waals surface area (Å²) < 4.78 is 22.2. The monoisotopic (exact) mass is 237 g/mol. The van der Waals surface area contributed by atoms with Gasteiger partial charge in [0.25, 0.3) is 0 Å². The molecule has 0 aromatic heterocycles. The fourth-order valence-corrected chi connectivity index (χ4v) is 3.55. The van der Waals surface area contributed by atoms with E-state index in [1.807, 2.05) is 0 Å². The molecule has 1 fully saturated rings. The molecule has 0 spiro atoms. The lowest BCUT2D eigenvalue weighted by Crippen LogP contribution is -2.29. The second-order valence-electron chi connectivity index (χ2n) is 3.55. The van der Waals surface area contributed by atoms with Gasteiger partial charge < -0.3 is 5.32 Å². The first-order valence-electron chi connectivity index (χ1n) is 4.61. The van der Waals surface area contributed by atoms with E-state index in [0.717, 1.165) is 0 Å². The van der Waals surface area contributed by atoms with Crippen LogP contribution in [0.2, 0.25) is 0 Å². The average Bonchev–Trinajstić information content (AvgIpc) is 2.43. The first kappa shape index (κ1) is 11.8. The van der Waals surface area contributed by atoms with E-state index >= 15 is 0 Å². The number of hydrogen-bond acceptors (Lipinski definition) is 4. The Morgan fingerprint density at radius 1 is 1.50 bits per heavy atom. The minimum atomic E-state index is -2.82. The van der Waals surface area contributed by atoms with E-state index in [0.29, 0.717) is 25.1 Å². The fourth-order valence-electron chi connectivity index (χ4n) is 1.48. The SMILES string of the molecule is O=C(CCS)NCC1CCS(=O)(=O)C1. The topological polar surface area (TPSA) is 63.2 Å². The van der Waals surface area contributed by atoms with Gasteiger partial charge in [0, 0.05) is 13.0 Å². The molecule has 14 heavy (non-hydrogen) atoms. The third kappa shape index (κ3) is 3.88. The van der Waals surface area contributed by atoms with E-state index in [1.54, 1.807) is 0 Å². The van der Waals surface area contributed by atoms with Crippen molar-refractivity contribution in [3.05, 3.63) is 0 Å². The Morgan fingerprint density at radius 3 is 2.71 bits per heavy atom. The summed E-state index contributed by atoms with van der Waals surface area (Å²) in [4.78, 5) is 11.1. The summed E-state index contributed by atoms with van der Waals surface area (Å²) in [6, 6.07) is 0. The normalized spacial score (nSPS) is 24.8.